The third-order valence-electron chi connectivity index (χ3n) is 4.19. The lowest BCUT2D eigenvalue weighted by Gasteiger charge is -2.47. The van der Waals surface area contributed by atoms with Crippen LogP contribution in [0.1, 0.15) is 24.8 Å². The van der Waals surface area contributed by atoms with Crippen LogP contribution in [0.4, 0.5) is 4.39 Å². The van der Waals surface area contributed by atoms with Crippen LogP contribution in [0.15, 0.2) is 23.1 Å². The van der Waals surface area contributed by atoms with E-state index in [-0.39, 0.29) is 16.0 Å². The van der Waals surface area contributed by atoms with E-state index in [9.17, 15) is 12.8 Å². The lowest BCUT2D eigenvalue weighted by Crippen LogP contribution is -2.57. The fourth-order valence-electron chi connectivity index (χ4n) is 2.44. The molecule has 1 fully saturated rings. The van der Waals surface area contributed by atoms with Crippen LogP contribution in [-0.4, -0.2) is 39.5 Å². The highest BCUT2D eigenvalue weighted by Gasteiger charge is 2.39. The number of nitrogens with one attached hydrogen (secondary N) is 1. The van der Waals surface area contributed by atoms with Crippen LogP contribution in [0.5, 0.6) is 0 Å². The molecule has 0 aliphatic heterocycles. The molecule has 0 spiro atoms. The predicted molar refractivity (Wildman–Crippen MR) is 76.6 cm³/mol. The first-order valence-electron chi connectivity index (χ1n) is 6.67. The minimum atomic E-state index is -3.75. The van der Waals surface area contributed by atoms with Crippen LogP contribution in [-0.2, 0) is 10.0 Å². The lowest BCUT2D eigenvalue weighted by molar-refractivity contribution is 0.0657. The minimum absolute atomic E-state index is 0.0892. The number of nitrogens with zero attached hydrogens (tertiary/aromatic N) is 2. The molecule has 0 saturated heterocycles. The van der Waals surface area contributed by atoms with Crippen LogP contribution < -0.4 is 4.72 Å². The predicted octanol–water partition coefficient (Wildman–Crippen LogP) is 1.46. The largest absolute Gasteiger partial charge is 0.302 e. The summed E-state index contributed by atoms with van der Waals surface area (Å²) in [5, 5.41) is 8.78. The van der Waals surface area contributed by atoms with Crippen LogP contribution >= 0.6 is 0 Å². The molecule has 0 radical (unpaired) electrons. The zero-order valence-corrected chi connectivity index (χ0v) is 12.9. The molecular weight excluding hydrogens is 293 g/mol. The number of benzene rings is 1. The number of hydrogen-bond donors (Lipinski definition) is 1. The van der Waals surface area contributed by atoms with E-state index in [2.05, 4.69) is 4.72 Å². The molecule has 1 aliphatic carbocycles. The van der Waals surface area contributed by atoms with Gasteiger partial charge in [-0.1, -0.05) is 0 Å². The number of nitriles is 1. The number of hydrogen-bond acceptors (Lipinski definition) is 4. The van der Waals surface area contributed by atoms with Gasteiger partial charge in [0.2, 0.25) is 10.0 Å². The van der Waals surface area contributed by atoms with E-state index >= 15 is 0 Å². The van der Waals surface area contributed by atoms with Crippen LogP contribution in [0.25, 0.3) is 0 Å². The van der Waals surface area contributed by atoms with Gasteiger partial charge in [-0.05, 0) is 51.6 Å². The van der Waals surface area contributed by atoms with Gasteiger partial charge in [-0.15, -0.1) is 0 Å². The van der Waals surface area contributed by atoms with Crippen molar-refractivity contribution < 1.29 is 12.8 Å². The van der Waals surface area contributed by atoms with Crippen molar-refractivity contribution in [3.63, 3.8) is 0 Å². The van der Waals surface area contributed by atoms with Crippen molar-refractivity contribution in [1.82, 2.24) is 9.62 Å². The minimum Gasteiger partial charge on any atom is -0.302 e. The summed E-state index contributed by atoms with van der Waals surface area (Å²) in [7, 11) is 0.112. The van der Waals surface area contributed by atoms with Crippen LogP contribution in [0.3, 0.4) is 0 Å². The smallest absolute Gasteiger partial charge is 0.240 e. The highest BCUT2D eigenvalue weighted by molar-refractivity contribution is 7.89. The first-order valence-corrected chi connectivity index (χ1v) is 8.16. The maximum atomic E-state index is 13.3. The van der Waals surface area contributed by atoms with Gasteiger partial charge in [0, 0.05) is 12.1 Å². The molecule has 114 valence electrons. The summed E-state index contributed by atoms with van der Waals surface area (Å²) in [4.78, 5) is 1.94. The van der Waals surface area contributed by atoms with E-state index in [1.807, 2.05) is 19.0 Å². The average molecular weight is 311 g/mol. The standard InChI is InChI=1S/C14H18FN3O2S/c1-18(2)14(6-3-7-14)10-17-21(19,20)12-4-5-13(15)11(8-12)9-16/h4-5,8,17H,3,6-7,10H2,1-2H3. The lowest BCUT2D eigenvalue weighted by atomic mass is 9.76. The second kappa shape index (κ2) is 5.72. The molecule has 21 heavy (non-hydrogen) atoms. The van der Waals surface area contributed by atoms with Crippen LogP contribution in [0, 0.1) is 17.1 Å². The van der Waals surface area contributed by atoms with Gasteiger partial charge in [-0.25, -0.2) is 17.5 Å². The Morgan fingerprint density at radius 3 is 2.57 bits per heavy atom. The van der Waals surface area contributed by atoms with Gasteiger partial charge < -0.3 is 4.90 Å². The van der Waals surface area contributed by atoms with Gasteiger partial charge >= 0.3 is 0 Å². The Balaban J connectivity index is 2.18. The molecule has 0 heterocycles. The molecule has 0 amide bonds. The fourth-order valence-corrected chi connectivity index (χ4v) is 3.58. The highest BCUT2D eigenvalue weighted by Crippen LogP contribution is 2.35. The van der Waals surface area contributed by atoms with Crippen molar-refractivity contribution in [2.45, 2.75) is 29.7 Å². The monoisotopic (exact) mass is 311 g/mol. The Morgan fingerprint density at radius 1 is 1.43 bits per heavy atom. The average Bonchev–Trinajstić information content (AvgIpc) is 2.37. The van der Waals surface area contributed by atoms with Gasteiger partial charge in [0.1, 0.15) is 11.9 Å². The summed E-state index contributed by atoms with van der Waals surface area (Å²) in [6, 6.07) is 4.87. The Morgan fingerprint density at radius 2 is 2.10 bits per heavy atom. The molecule has 1 aromatic carbocycles. The summed E-state index contributed by atoms with van der Waals surface area (Å²) >= 11 is 0. The SMILES string of the molecule is CN(C)C1(CNS(=O)(=O)c2ccc(F)c(C#N)c2)CCC1. The summed E-state index contributed by atoms with van der Waals surface area (Å²) in [5.41, 5.74) is -0.422. The summed E-state index contributed by atoms with van der Waals surface area (Å²) < 4.78 is 40.3. The second-order valence-corrected chi connectivity index (χ2v) is 7.32. The molecule has 0 bridgehead atoms. The molecule has 0 unspecified atom stereocenters. The maximum absolute atomic E-state index is 13.3. The molecule has 7 heteroatoms. The first-order chi connectivity index (χ1) is 9.81. The van der Waals surface area contributed by atoms with Crippen molar-refractivity contribution >= 4 is 10.0 Å². The molecule has 1 aliphatic rings. The van der Waals surface area contributed by atoms with Gasteiger partial charge in [0.05, 0.1) is 10.5 Å². The highest BCUT2D eigenvalue weighted by atomic mass is 32.2. The van der Waals surface area contributed by atoms with E-state index in [0.29, 0.717) is 6.54 Å². The van der Waals surface area contributed by atoms with E-state index in [0.717, 1.165) is 31.4 Å². The zero-order chi connectivity index (χ0) is 15.7. The van der Waals surface area contributed by atoms with Gasteiger partial charge in [0.25, 0.3) is 0 Å². The number of sulfonamides is 1. The van der Waals surface area contributed by atoms with Crippen LogP contribution in [0.2, 0.25) is 0 Å². The van der Waals surface area contributed by atoms with E-state index < -0.39 is 15.8 Å². The third kappa shape index (κ3) is 3.07. The second-order valence-electron chi connectivity index (χ2n) is 5.55. The zero-order valence-electron chi connectivity index (χ0n) is 12.1. The van der Waals surface area contributed by atoms with Gasteiger partial charge in [-0.2, -0.15) is 5.26 Å². The van der Waals surface area contributed by atoms with Crippen molar-refractivity contribution in [2.75, 3.05) is 20.6 Å². The summed E-state index contributed by atoms with van der Waals surface area (Å²) in [5.74, 6) is -0.722. The third-order valence-corrected chi connectivity index (χ3v) is 5.59. The van der Waals surface area contributed by atoms with E-state index in [4.69, 9.17) is 5.26 Å². The topological polar surface area (TPSA) is 73.2 Å². The number of rotatable bonds is 5. The van der Waals surface area contributed by atoms with Crippen molar-refractivity contribution in [1.29, 1.82) is 5.26 Å². The molecule has 0 atom stereocenters. The first kappa shape index (κ1) is 15.9. The summed E-state index contributed by atoms with van der Waals surface area (Å²) in [6.07, 6.45) is 2.96. The van der Waals surface area contributed by atoms with E-state index in [1.165, 1.54) is 6.07 Å². The van der Waals surface area contributed by atoms with Crippen molar-refractivity contribution in [3.05, 3.63) is 29.6 Å². The number of likely N-dealkylation sites (N-methyl/N-ethyl adjacent to an activating group) is 1. The van der Waals surface area contributed by atoms with Gasteiger partial charge in [-0.3, -0.25) is 0 Å². The van der Waals surface area contributed by atoms with Crippen molar-refractivity contribution in [2.24, 2.45) is 0 Å². The molecule has 5 nitrogen and oxygen atoms in total. The molecule has 2 rings (SSSR count). The number of halogens is 1. The summed E-state index contributed by atoms with van der Waals surface area (Å²) in [6.45, 7) is 0.307. The quantitative estimate of drug-likeness (QED) is 0.893. The Bertz CT molecular complexity index is 676. The molecule has 1 saturated carbocycles. The molecular formula is C14H18FN3O2S. The fraction of sp³-hybridized carbons (Fsp3) is 0.500. The molecule has 0 aromatic heterocycles. The molecule has 1 aromatic rings. The Kier molecular flexibility index (Phi) is 4.33. The maximum Gasteiger partial charge on any atom is 0.240 e. The van der Waals surface area contributed by atoms with Gasteiger partial charge in [0.15, 0.2) is 0 Å². The Hall–Kier alpha value is -1.49. The molecule has 1 N–H and O–H groups in total. The van der Waals surface area contributed by atoms with E-state index in [1.54, 1.807) is 6.07 Å². The van der Waals surface area contributed by atoms with Crippen molar-refractivity contribution in [3.8, 4) is 6.07 Å². The Labute approximate surface area is 124 Å². The normalized spacial score (nSPS) is 17.3.